The SMILES string of the molecule is CCC(C)c1ccc(-c2ccc(C(C)CC)cc2)cc1.OO.OO. The first kappa shape index (κ1) is 22.3. The van der Waals surface area contributed by atoms with E-state index in [4.69, 9.17) is 21.0 Å². The normalized spacial score (nSPS) is 12.2. The van der Waals surface area contributed by atoms with E-state index in [1.807, 2.05) is 0 Å². The Labute approximate surface area is 144 Å². The largest absolute Gasteiger partial charge is 0.255 e. The lowest BCUT2D eigenvalue weighted by Crippen LogP contribution is -1.92. The van der Waals surface area contributed by atoms with E-state index in [9.17, 15) is 0 Å². The van der Waals surface area contributed by atoms with E-state index in [2.05, 4.69) is 76.2 Å². The highest BCUT2D eigenvalue weighted by Gasteiger charge is 2.05. The van der Waals surface area contributed by atoms with Gasteiger partial charge in [0.15, 0.2) is 0 Å². The molecule has 0 aliphatic rings. The Kier molecular flexibility index (Phi) is 11.8. The van der Waals surface area contributed by atoms with Gasteiger partial charge in [-0.2, -0.15) is 0 Å². The fourth-order valence-electron chi connectivity index (χ4n) is 2.48. The van der Waals surface area contributed by atoms with Gasteiger partial charge in [0.2, 0.25) is 0 Å². The fourth-order valence-corrected chi connectivity index (χ4v) is 2.48. The van der Waals surface area contributed by atoms with Gasteiger partial charge in [0.1, 0.15) is 0 Å². The van der Waals surface area contributed by atoms with Crippen LogP contribution in [0.2, 0.25) is 0 Å². The summed E-state index contributed by atoms with van der Waals surface area (Å²) < 4.78 is 0. The smallest absolute Gasteiger partial charge is 0.0184 e. The van der Waals surface area contributed by atoms with Gasteiger partial charge in [-0.05, 0) is 46.9 Å². The molecule has 0 bridgehead atoms. The summed E-state index contributed by atoms with van der Waals surface area (Å²) in [5, 5.41) is 24.0. The number of benzene rings is 2. The first-order valence-electron chi connectivity index (χ1n) is 8.26. The maximum atomic E-state index is 6.00. The van der Waals surface area contributed by atoms with Crippen molar-refractivity contribution in [3.8, 4) is 11.1 Å². The van der Waals surface area contributed by atoms with Crippen molar-refractivity contribution in [2.24, 2.45) is 0 Å². The van der Waals surface area contributed by atoms with Gasteiger partial charge >= 0.3 is 0 Å². The molecule has 2 aromatic carbocycles. The standard InChI is InChI=1S/C20H26.2H2O2/c1-5-15(3)17-7-11-19(12-8-17)20-13-9-18(10-14-20)16(4)6-2;2*1-2/h7-16H,5-6H2,1-4H3;2*1-2H. The first-order valence-corrected chi connectivity index (χ1v) is 8.26. The third-order valence-corrected chi connectivity index (χ3v) is 4.52. The highest BCUT2D eigenvalue weighted by atomic mass is 17.0. The summed E-state index contributed by atoms with van der Waals surface area (Å²) in [7, 11) is 0. The maximum absolute atomic E-state index is 6.00. The van der Waals surface area contributed by atoms with Gasteiger partial charge < -0.3 is 0 Å². The summed E-state index contributed by atoms with van der Waals surface area (Å²) in [5.74, 6) is 1.30. The summed E-state index contributed by atoms with van der Waals surface area (Å²) >= 11 is 0. The van der Waals surface area contributed by atoms with E-state index in [0.717, 1.165) is 0 Å². The van der Waals surface area contributed by atoms with Crippen LogP contribution in [0.25, 0.3) is 11.1 Å². The van der Waals surface area contributed by atoms with E-state index < -0.39 is 0 Å². The molecule has 4 heteroatoms. The molecule has 0 aliphatic carbocycles. The Morgan fingerprint density at radius 2 is 0.833 bits per heavy atom. The molecule has 0 spiro atoms. The molecule has 2 rings (SSSR count). The van der Waals surface area contributed by atoms with Crippen LogP contribution in [-0.4, -0.2) is 21.0 Å². The van der Waals surface area contributed by atoms with E-state index >= 15 is 0 Å². The zero-order chi connectivity index (χ0) is 18.5. The summed E-state index contributed by atoms with van der Waals surface area (Å²) in [6.07, 6.45) is 2.39. The van der Waals surface area contributed by atoms with E-state index in [1.54, 1.807) is 0 Å². The van der Waals surface area contributed by atoms with Gasteiger partial charge in [-0.1, -0.05) is 76.2 Å². The van der Waals surface area contributed by atoms with Crippen LogP contribution in [0.1, 0.15) is 63.5 Å². The summed E-state index contributed by atoms with van der Waals surface area (Å²) in [5.41, 5.74) is 5.50. The van der Waals surface area contributed by atoms with Crippen molar-refractivity contribution in [1.82, 2.24) is 0 Å². The average molecular weight is 334 g/mol. The molecule has 134 valence electrons. The first-order chi connectivity index (χ1) is 11.7. The van der Waals surface area contributed by atoms with Gasteiger partial charge in [0, 0.05) is 0 Å². The monoisotopic (exact) mass is 334 g/mol. The van der Waals surface area contributed by atoms with Gasteiger partial charge in [-0.25, -0.2) is 0 Å². The van der Waals surface area contributed by atoms with Crippen molar-refractivity contribution in [2.45, 2.75) is 52.4 Å². The topological polar surface area (TPSA) is 80.9 Å². The zero-order valence-electron chi connectivity index (χ0n) is 15.0. The lowest BCUT2D eigenvalue weighted by Gasteiger charge is -2.11. The van der Waals surface area contributed by atoms with Crippen LogP contribution in [0.5, 0.6) is 0 Å². The van der Waals surface area contributed by atoms with Crippen LogP contribution < -0.4 is 0 Å². The quantitative estimate of drug-likeness (QED) is 0.376. The van der Waals surface area contributed by atoms with Gasteiger partial charge in [0.05, 0.1) is 0 Å². The molecule has 4 nitrogen and oxygen atoms in total. The third-order valence-electron chi connectivity index (χ3n) is 4.52. The second-order valence-corrected chi connectivity index (χ2v) is 5.86. The Bertz CT molecular complexity index is 483. The predicted octanol–water partition coefficient (Wildman–Crippen LogP) is 6.42. The van der Waals surface area contributed by atoms with Crippen LogP contribution >= 0.6 is 0 Å². The molecule has 0 fully saturated rings. The number of hydrogen-bond acceptors (Lipinski definition) is 4. The van der Waals surface area contributed by atoms with Crippen molar-refractivity contribution in [3.63, 3.8) is 0 Å². The van der Waals surface area contributed by atoms with Crippen molar-refractivity contribution in [2.75, 3.05) is 0 Å². The van der Waals surface area contributed by atoms with Crippen LogP contribution in [-0.2, 0) is 0 Å². The highest BCUT2D eigenvalue weighted by molar-refractivity contribution is 5.64. The lowest BCUT2D eigenvalue weighted by atomic mass is 9.94. The second-order valence-electron chi connectivity index (χ2n) is 5.86. The van der Waals surface area contributed by atoms with E-state index in [0.29, 0.717) is 11.8 Å². The Morgan fingerprint density at radius 1 is 0.583 bits per heavy atom. The van der Waals surface area contributed by atoms with Crippen LogP contribution in [0.15, 0.2) is 48.5 Å². The molecule has 0 aliphatic heterocycles. The van der Waals surface area contributed by atoms with E-state index in [-0.39, 0.29) is 0 Å². The minimum absolute atomic E-state index is 0.650. The minimum atomic E-state index is 0.650. The molecular weight excluding hydrogens is 304 g/mol. The van der Waals surface area contributed by atoms with Gasteiger partial charge in [-0.15, -0.1) is 0 Å². The molecule has 0 aromatic heterocycles. The maximum Gasteiger partial charge on any atom is -0.0184 e. The third kappa shape index (κ3) is 6.42. The Morgan fingerprint density at radius 3 is 1.04 bits per heavy atom. The molecule has 0 heterocycles. The molecule has 0 saturated carbocycles. The van der Waals surface area contributed by atoms with Crippen LogP contribution in [0, 0.1) is 0 Å². The van der Waals surface area contributed by atoms with Crippen molar-refractivity contribution >= 4 is 0 Å². The second kappa shape index (κ2) is 12.7. The average Bonchev–Trinajstić information content (AvgIpc) is 2.70. The van der Waals surface area contributed by atoms with Crippen molar-refractivity contribution in [3.05, 3.63) is 59.7 Å². The zero-order valence-corrected chi connectivity index (χ0v) is 15.0. The molecule has 2 atom stereocenters. The van der Waals surface area contributed by atoms with Crippen molar-refractivity contribution in [1.29, 1.82) is 0 Å². The van der Waals surface area contributed by atoms with E-state index in [1.165, 1.54) is 35.1 Å². The van der Waals surface area contributed by atoms with Crippen molar-refractivity contribution < 1.29 is 21.0 Å². The number of rotatable bonds is 5. The Balaban J connectivity index is 0.00000123. The molecule has 0 radical (unpaired) electrons. The van der Waals surface area contributed by atoms with Crippen LogP contribution in [0.4, 0.5) is 0 Å². The number of hydrogen-bond donors (Lipinski definition) is 4. The molecule has 2 unspecified atom stereocenters. The fraction of sp³-hybridized carbons (Fsp3) is 0.400. The van der Waals surface area contributed by atoms with Crippen LogP contribution in [0.3, 0.4) is 0 Å². The molecule has 24 heavy (non-hydrogen) atoms. The summed E-state index contributed by atoms with van der Waals surface area (Å²) in [6.45, 7) is 9.06. The summed E-state index contributed by atoms with van der Waals surface area (Å²) in [4.78, 5) is 0. The molecule has 0 amide bonds. The molecular formula is C20H30O4. The van der Waals surface area contributed by atoms with Gasteiger partial charge in [0.25, 0.3) is 0 Å². The Hall–Kier alpha value is -1.72. The van der Waals surface area contributed by atoms with Gasteiger partial charge in [-0.3, -0.25) is 21.0 Å². The predicted molar refractivity (Wildman–Crippen MR) is 99.8 cm³/mol. The molecule has 4 N–H and O–H groups in total. The molecule has 0 saturated heterocycles. The minimum Gasteiger partial charge on any atom is -0.255 e. The lowest BCUT2D eigenvalue weighted by molar-refractivity contribution is -0.176. The molecule has 2 aromatic rings. The highest BCUT2D eigenvalue weighted by Crippen LogP contribution is 2.26. The summed E-state index contributed by atoms with van der Waals surface area (Å²) in [6, 6.07) is 18.1.